The normalized spacial score (nSPS) is 47.1. The number of carbonyl (C=O) groups is 4. The minimum absolute atomic E-state index is 0.00301. The number of Topliss-reactive ketones (excluding diaryl/α,β-unsaturated/α-hetero) is 4. The Balaban J connectivity index is 0.000000111. The van der Waals surface area contributed by atoms with Gasteiger partial charge in [-0.15, -0.1) is 0 Å². The monoisotopic (exact) mass is 1770 g/mol. The van der Waals surface area contributed by atoms with Gasteiger partial charge in [-0.05, 0) is 403 Å². The highest BCUT2D eigenvalue weighted by Gasteiger charge is 2.74. The summed E-state index contributed by atoms with van der Waals surface area (Å²) in [6, 6.07) is 0. The quantitative estimate of drug-likeness (QED) is 0.0858. The Bertz CT molecular complexity index is 4900. The number of carbonyl (C=O) groups excluding carboxylic acids is 4. The first-order valence-corrected chi connectivity index (χ1v) is 51.3. The van der Waals surface area contributed by atoms with Gasteiger partial charge in [-0.25, -0.2) is 24.1 Å². The number of fused-ring (bicyclic) bond motifs is 24. The average Bonchev–Trinajstić information content (AvgIpc) is 1.52. The summed E-state index contributed by atoms with van der Waals surface area (Å²) in [6.07, 6.45) is 46.9. The summed E-state index contributed by atoms with van der Waals surface area (Å²) in [4.78, 5) is 67.1. The van der Waals surface area contributed by atoms with E-state index < -0.39 is 34.3 Å². The molecule has 4 aromatic rings. The van der Waals surface area contributed by atoms with Crippen LogP contribution in [0.1, 0.15) is 261 Å². The molecule has 22 rings (SSSR count). The fourth-order valence-corrected chi connectivity index (χ4v) is 37.3. The fourth-order valence-electron chi connectivity index (χ4n) is 36.1. The number of rotatable bonds is 14. The van der Waals surface area contributed by atoms with Crippen LogP contribution >= 0.6 is 11.8 Å². The number of methoxy groups -OCH3 is 1. The molecular formula is C104H142F2N12O9S. The first-order chi connectivity index (χ1) is 61.0. The maximum atomic E-state index is 14.4. The molecule has 692 valence electrons. The number of aromatic nitrogens is 8. The SMILES string of the molecule is [C-]#[N+]c1cn(CC(=O)[C@H]2[C@H]3C[C@H]3[C@H]3[C@@H]4CC[C@@H]5C[C@](C)(O)CC[C@@H]5[C@H]4CC[C@@]32C)nc1F.[C-]#[N+]c1cnn(CC(=O)[C@H]2CC(OC)[C@H]3[C@@H]4CC[C@@H]5C[C@](C)(O)CC[C@@H]5[C@H]4CC[C@]23C)c1.[C-]#[N+]c1cnn(CC(=O)[C@H]2CC(SC)[C@H]3[C@@H]4CC[C@@H]5C[C@](C)(O)CC[C@@H]5[C@H]4CC[C@]23C)c1.[C-]#[N+]c1cnn(CC(=O)[C@H]2[C@H]3C[C@H]3[C@H]3[C@@H]4CC[C@@H]5C[C@](C)(O)CC[C@@H]5[C@H]4CC[C@@]32C)c1F. The van der Waals surface area contributed by atoms with Gasteiger partial charge in [-0.3, -0.25) is 33.2 Å². The Hall–Kier alpha value is -6.51. The number of aliphatic hydroxyl groups is 4. The van der Waals surface area contributed by atoms with Crippen molar-refractivity contribution < 1.29 is 53.1 Å². The largest absolute Gasteiger partial charge is 0.390 e. The van der Waals surface area contributed by atoms with E-state index in [4.69, 9.17) is 31.0 Å². The molecule has 4 N–H and O–H groups in total. The van der Waals surface area contributed by atoms with Crippen LogP contribution < -0.4 is 0 Å². The molecule has 4 aromatic heterocycles. The zero-order valence-electron chi connectivity index (χ0n) is 77.6. The second kappa shape index (κ2) is 33.8. The minimum Gasteiger partial charge on any atom is -0.390 e. The number of ether oxygens (including phenoxy) is 1. The number of hydrogen-bond donors (Lipinski definition) is 4. The molecule has 0 aromatic carbocycles. The summed E-state index contributed by atoms with van der Waals surface area (Å²) < 4.78 is 39.9. The van der Waals surface area contributed by atoms with E-state index in [9.17, 15) is 48.4 Å². The van der Waals surface area contributed by atoms with Crippen molar-refractivity contribution in [3.63, 3.8) is 0 Å². The van der Waals surface area contributed by atoms with Gasteiger partial charge in [0.1, 0.15) is 6.54 Å². The predicted molar refractivity (Wildman–Crippen MR) is 482 cm³/mol. The first-order valence-electron chi connectivity index (χ1n) is 50.0. The molecule has 38 atom stereocenters. The highest BCUT2D eigenvalue weighted by Crippen LogP contribution is 2.78. The van der Waals surface area contributed by atoms with E-state index in [1.807, 2.05) is 46.6 Å². The van der Waals surface area contributed by atoms with E-state index in [1.165, 1.54) is 113 Å². The molecule has 0 bridgehead atoms. The van der Waals surface area contributed by atoms with Gasteiger partial charge in [0.25, 0.3) is 11.4 Å². The Morgan fingerprint density at radius 1 is 0.406 bits per heavy atom. The second-order valence-corrected chi connectivity index (χ2v) is 48.9. The molecule has 128 heavy (non-hydrogen) atoms. The summed E-state index contributed by atoms with van der Waals surface area (Å²) >= 11 is 1.98. The van der Waals surface area contributed by atoms with Crippen LogP contribution in [0.4, 0.5) is 31.5 Å². The molecule has 18 saturated carbocycles. The predicted octanol–water partition coefficient (Wildman–Crippen LogP) is 20.0. The van der Waals surface area contributed by atoms with Gasteiger partial charge in [0.2, 0.25) is 23.3 Å². The minimum atomic E-state index is -0.781. The molecule has 0 radical (unpaired) electrons. The highest BCUT2D eigenvalue weighted by atomic mass is 32.2. The maximum absolute atomic E-state index is 14.4. The van der Waals surface area contributed by atoms with Crippen molar-refractivity contribution in [2.24, 2.45) is 187 Å². The zero-order valence-corrected chi connectivity index (χ0v) is 78.4. The Kier molecular flexibility index (Phi) is 24.0. The lowest BCUT2D eigenvalue weighted by Gasteiger charge is -2.57. The van der Waals surface area contributed by atoms with Gasteiger partial charge >= 0.3 is 0 Å². The lowest BCUT2D eigenvalue weighted by atomic mass is 9.48. The molecule has 18 aliphatic rings. The van der Waals surface area contributed by atoms with Crippen molar-refractivity contribution in [1.29, 1.82) is 0 Å². The maximum Gasteiger partial charge on any atom is 0.259 e. The van der Waals surface area contributed by atoms with Gasteiger partial charge in [-0.1, -0.05) is 27.7 Å². The number of halogens is 2. The van der Waals surface area contributed by atoms with Crippen molar-refractivity contribution in [2.75, 3.05) is 13.4 Å². The van der Waals surface area contributed by atoms with Gasteiger partial charge in [0, 0.05) is 54.6 Å². The third kappa shape index (κ3) is 15.9. The summed E-state index contributed by atoms with van der Waals surface area (Å²) in [5.74, 6) is 15.5. The lowest BCUT2D eigenvalue weighted by molar-refractivity contribution is -0.137. The molecule has 0 spiro atoms. The van der Waals surface area contributed by atoms with Gasteiger partial charge < -0.3 is 25.2 Å². The van der Waals surface area contributed by atoms with Crippen LogP contribution in [0, 0.1) is 226 Å². The van der Waals surface area contributed by atoms with E-state index in [-0.39, 0.29) is 106 Å². The van der Waals surface area contributed by atoms with Crippen LogP contribution in [-0.2, 0) is 50.1 Å². The second-order valence-electron chi connectivity index (χ2n) is 47.8. The lowest BCUT2D eigenvalue weighted by Crippen LogP contribution is -2.52. The highest BCUT2D eigenvalue weighted by molar-refractivity contribution is 7.99. The van der Waals surface area contributed by atoms with E-state index >= 15 is 0 Å². The van der Waals surface area contributed by atoms with Crippen LogP contribution in [0.2, 0.25) is 0 Å². The number of thioether (sulfide) groups is 1. The number of hydrogen-bond acceptors (Lipinski definition) is 14. The molecule has 2 unspecified atom stereocenters. The Morgan fingerprint density at radius 2 is 0.781 bits per heavy atom. The zero-order chi connectivity index (χ0) is 90.2. The van der Waals surface area contributed by atoms with Crippen LogP contribution in [0.5, 0.6) is 0 Å². The van der Waals surface area contributed by atoms with Gasteiger partial charge in [0.15, 0.2) is 23.1 Å². The first kappa shape index (κ1) is 90.6. The topological polar surface area (TPSA) is 247 Å². The number of nitrogens with zero attached hydrogens (tertiary/aromatic N) is 12. The van der Waals surface area contributed by atoms with Crippen LogP contribution in [0.3, 0.4) is 0 Å². The van der Waals surface area contributed by atoms with Crippen LogP contribution in [-0.4, -0.2) is 130 Å². The molecule has 4 heterocycles. The molecule has 24 heteroatoms. The molecule has 18 fully saturated rings. The van der Waals surface area contributed by atoms with Crippen molar-refractivity contribution in [3.8, 4) is 0 Å². The Morgan fingerprint density at radius 3 is 1.16 bits per heavy atom. The molecule has 0 aliphatic heterocycles. The van der Waals surface area contributed by atoms with Crippen molar-refractivity contribution in [1.82, 2.24) is 39.1 Å². The van der Waals surface area contributed by atoms with Gasteiger partial charge in [0.05, 0.1) is 93.0 Å². The molecule has 21 nitrogen and oxygen atoms in total. The van der Waals surface area contributed by atoms with E-state index in [1.54, 1.807) is 28.0 Å². The summed E-state index contributed by atoms with van der Waals surface area (Å²) in [5, 5.41) is 59.3. The average molecular weight is 1770 g/mol. The van der Waals surface area contributed by atoms with Crippen molar-refractivity contribution in [2.45, 2.75) is 321 Å². The van der Waals surface area contributed by atoms with Crippen molar-refractivity contribution in [3.05, 3.63) is 94.7 Å². The summed E-state index contributed by atoms with van der Waals surface area (Å²) in [7, 11) is 1.82. The van der Waals surface area contributed by atoms with Gasteiger partial charge in [-0.2, -0.15) is 40.9 Å². The van der Waals surface area contributed by atoms with E-state index in [0.29, 0.717) is 111 Å². The van der Waals surface area contributed by atoms with Crippen LogP contribution in [0.15, 0.2) is 37.2 Å². The molecular weight excluding hydrogens is 1630 g/mol. The van der Waals surface area contributed by atoms with E-state index in [2.05, 4.69) is 73.7 Å². The number of ketones is 4. The third-order valence-electron chi connectivity index (χ3n) is 41.0. The van der Waals surface area contributed by atoms with Crippen molar-refractivity contribution >= 4 is 57.6 Å². The molecule has 18 aliphatic carbocycles. The third-order valence-corrected chi connectivity index (χ3v) is 42.1. The fraction of sp³-hybridized carbons (Fsp3) is 0.808. The molecule has 0 saturated heterocycles. The Labute approximate surface area is 761 Å². The smallest absolute Gasteiger partial charge is 0.259 e. The summed E-state index contributed by atoms with van der Waals surface area (Å²) in [6.45, 7) is 46.5. The standard InChI is InChI=1S/2C26H34FN3O2.C26H37N3O3.C26H37N3O2S/c1-25(32)8-6-15-14(11-25)4-5-17-16(15)7-9-26(2)22(17)18-10-19(18)23(26)21(31)13-30-12-20(28-3)24(27)29-30;1-25(32)8-6-15-14(11-25)4-5-17-16(15)7-9-26(2)22(17)18-10-19(18)23(26)21(31)13-30-24(27)20(28-3)12-29-30;2*1-25(31)9-7-18-16(12-25)5-6-20-19(18)8-10-26(2)21(11-23(32-4)24(20)26)22(30)15-29-14-17(27-3)13-28-29/h2*12,14-19,22-23,32H,4-11,13H2,1-2H3;2*13-14,16,18-21,23-24,31H,5-12,15H2,1-2,4H3/t2*14-,15+,16-,17-,18-,19+,22-,23-,25-,26+;2*16-,18+,19-,20-,21-,23?,24-,25-,26-/m1111/s1. The summed E-state index contributed by atoms with van der Waals surface area (Å²) in [5.41, 5.74) is -1.05. The molecule has 0 amide bonds. The van der Waals surface area contributed by atoms with Crippen LogP contribution in [0.25, 0.3) is 19.4 Å². The van der Waals surface area contributed by atoms with E-state index in [0.717, 1.165) is 174 Å².